The number of ether oxygens (including phenoxy) is 2. The molecule has 0 aliphatic carbocycles. The van der Waals surface area contributed by atoms with E-state index in [1.165, 1.54) is 16.6 Å². The van der Waals surface area contributed by atoms with Crippen LogP contribution in [0.25, 0.3) is 11.4 Å². The summed E-state index contributed by atoms with van der Waals surface area (Å²) in [7, 11) is 3.13. The molecule has 2 heterocycles. The van der Waals surface area contributed by atoms with Crippen molar-refractivity contribution in [2.75, 3.05) is 25.3 Å². The molecule has 0 unspecified atom stereocenters. The van der Waals surface area contributed by atoms with Gasteiger partial charge in [-0.3, -0.25) is 9.36 Å². The van der Waals surface area contributed by atoms with Crippen molar-refractivity contribution in [3.8, 4) is 22.9 Å². The summed E-state index contributed by atoms with van der Waals surface area (Å²) in [5, 5.41) is 14.3. The highest BCUT2D eigenvalue weighted by Crippen LogP contribution is 2.32. The number of aromatic nitrogens is 3. The van der Waals surface area contributed by atoms with Gasteiger partial charge in [-0.25, -0.2) is 0 Å². The van der Waals surface area contributed by atoms with Crippen LogP contribution in [0.5, 0.6) is 11.5 Å². The molecule has 2 aromatic heterocycles. The normalized spacial score (nSPS) is 10.9. The van der Waals surface area contributed by atoms with Gasteiger partial charge in [-0.15, -0.1) is 28.1 Å². The second kappa shape index (κ2) is 10.5. The molecule has 0 saturated carbocycles. The second-order valence-electron chi connectivity index (χ2n) is 7.00. The van der Waals surface area contributed by atoms with Gasteiger partial charge in [-0.1, -0.05) is 31.7 Å². The van der Waals surface area contributed by atoms with Crippen LogP contribution in [0.15, 0.2) is 47.5 Å². The van der Waals surface area contributed by atoms with E-state index in [9.17, 15) is 4.79 Å². The van der Waals surface area contributed by atoms with Gasteiger partial charge in [0, 0.05) is 28.4 Å². The number of methoxy groups -OCH3 is 2. The molecule has 3 rings (SSSR count). The Hall–Kier alpha value is -2.78. The van der Waals surface area contributed by atoms with E-state index in [4.69, 9.17) is 9.47 Å². The maximum atomic E-state index is 12.6. The molecule has 0 fully saturated rings. The van der Waals surface area contributed by atoms with Crippen LogP contribution in [-0.4, -0.2) is 40.6 Å². The Morgan fingerprint density at radius 2 is 2.10 bits per heavy atom. The van der Waals surface area contributed by atoms with Crippen LogP contribution in [0.2, 0.25) is 0 Å². The van der Waals surface area contributed by atoms with Gasteiger partial charge in [0.25, 0.3) is 0 Å². The predicted molar refractivity (Wildman–Crippen MR) is 127 cm³/mol. The van der Waals surface area contributed by atoms with Crippen LogP contribution in [0.3, 0.4) is 0 Å². The van der Waals surface area contributed by atoms with Gasteiger partial charge in [0.15, 0.2) is 11.0 Å². The SMILES string of the molecule is C=CCn1c(SCC(=O)Nc2cc(OC)ccc2OC)nnc1-c1csc(C(C)C)c1. The number of nitrogens with one attached hydrogen (secondary N) is 1. The standard InChI is InChI=1S/C22H26N4O3S2/c1-6-9-26-21(15-10-19(14(2)3)30-12-15)24-25-22(26)31-13-20(27)23-17-11-16(28-4)7-8-18(17)29-5/h6-8,10-12,14H,1,9,13H2,2-5H3,(H,23,27). The first-order valence-corrected chi connectivity index (χ1v) is 11.6. The van der Waals surface area contributed by atoms with Crippen LogP contribution in [0.1, 0.15) is 24.6 Å². The second-order valence-corrected chi connectivity index (χ2v) is 8.89. The number of carbonyl (C=O) groups excluding carboxylic acids is 1. The van der Waals surface area contributed by atoms with Crippen molar-refractivity contribution in [2.45, 2.75) is 31.5 Å². The van der Waals surface area contributed by atoms with Crippen molar-refractivity contribution in [3.05, 3.63) is 47.2 Å². The van der Waals surface area contributed by atoms with Gasteiger partial charge in [-0.2, -0.15) is 0 Å². The van der Waals surface area contributed by atoms with Gasteiger partial charge >= 0.3 is 0 Å². The lowest BCUT2D eigenvalue weighted by Gasteiger charge is -2.12. The summed E-state index contributed by atoms with van der Waals surface area (Å²) in [6, 6.07) is 7.40. The molecule has 1 N–H and O–H groups in total. The summed E-state index contributed by atoms with van der Waals surface area (Å²) in [5.74, 6) is 2.44. The van der Waals surface area contributed by atoms with Crippen LogP contribution in [0, 0.1) is 0 Å². The van der Waals surface area contributed by atoms with Gasteiger partial charge in [-0.05, 0) is 24.1 Å². The van der Waals surface area contributed by atoms with E-state index in [0.29, 0.717) is 34.8 Å². The Balaban J connectivity index is 1.73. The van der Waals surface area contributed by atoms with Crippen molar-refractivity contribution < 1.29 is 14.3 Å². The number of allylic oxidation sites excluding steroid dienone is 1. The maximum Gasteiger partial charge on any atom is 0.234 e. The number of nitrogens with zero attached hydrogens (tertiary/aromatic N) is 3. The molecular formula is C22H26N4O3S2. The number of hydrogen-bond donors (Lipinski definition) is 1. The van der Waals surface area contributed by atoms with Gasteiger partial charge in [0.05, 0.1) is 25.7 Å². The van der Waals surface area contributed by atoms with Gasteiger partial charge < -0.3 is 14.8 Å². The van der Waals surface area contributed by atoms with E-state index in [1.807, 2.05) is 4.57 Å². The first kappa shape index (κ1) is 22.9. The van der Waals surface area contributed by atoms with E-state index in [-0.39, 0.29) is 11.7 Å². The summed E-state index contributed by atoms with van der Waals surface area (Å²) in [5.41, 5.74) is 1.58. The molecule has 0 aliphatic heterocycles. The van der Waals surface area contributed by atoms with E-state index in [0.717, 1.165) is 11.4 Å². The molecule has 0 aliphatic rings. The average Bonchev–Trinajstić information content (AvgIpc) is 3.40. The van der Waals surface area contributed by atoms with Crippen molar-refractivity contribution in [2.24, 2.45) is 0 Å². The molecule has 1 aromatic carbocycles. The molecule has 0 bridgehead atoms. The van der Waals surface area contributed by atoms with Crippen molar-refractivity contribution in [1.82, 2.24) is 14.8 Å². The largest absolute Gasteiger partial charge is 0.497 e. The predicted octanol–water partition coefficient (Wildman–Crippen LogP) is 5.06. The third-order valence-electron chi connectivity index (χ3n) is 4.49. The topological polar surface area (TPSA) is 78.3 Å². The first-order valence-electron chi connectivity index (χ1n) is 9.74. The third kappa shape index (κ3) is 5.48. The molecule has 7 nitrogen and oxygen atoms in total. The summed E-state index contributed by atoms with van der Waals surface area (Å²) in [4.78, 5) is 13.9. The lowest BCUT2D eigenvalue weighted by molar-refractivity contribution is -0.113. The minimum absolute atomic E-state index is 0.177. The highest BCUT2D eigenvalue weighted by Gasteiger charge is 2.17. The number of thiophene rings is 1. The molecule has 31 heavy (non-hydrogen) atoms. The van der Waals surface area contributed by atoms with E-state index < -0.39 is 0 Å². The fraction of sp³-hybridized carbons (Fsp3) is 0.318. The Morgan fingerprint density at radius 3 is 2.74 bits per heavy atom. The Labute approximate surface area is 190 Å². The number of hydrogen-bond acceptors (Lipinski definition) is 7. The molecule has 9 heteroatoms. The Morgan fingerprint density at radius 1 is 1.29 bits per heavy atom. The van der Waals surface area contributed by atoms with E-state index >= 15 is 0 Å². The average molecular weight is 459 g/mol. The summed E-state index contributed by atoms with van der Waals surface area (Å²) < 4.78 is 12.5. The molecule has 164 valence electrons. The summed E-state index contributed by atoms with van der Waals surface area (Å²) in [6.07, 6.45) is 1.80. The van der Waals surface area contributed by atoms with Gasteiger partial charge in [0.2, 0.25) is 5.91 Å². The van der Waals surface area contributed by atoms with Crippen molar-refractivity contribution >= 4 is 34.7 Å². The van der Waals surface area contributed by atoms with Crippen LogP contribution in [0.4, 0.5) is 5.69 Å². The number of thioether (sulfide) groups is 1. The number of rotatable bonds is 10. The van der Waals surface area contributed by atoms with Crippen molar-refractivity contribution in [3.63, 3.8) is 0 Å². The highest BCUT2D eigenvalue weighted by molar-refractivity contribution is 7.99. The fourth-order valence-corrected chi connectivity index (χ4v) is 4.56. The van der Waals surface area contributed by atoms with E-state index in [2.05, 4.69) is 47.4 Å². The lowest BCUT2D eigenvalue weighted by atomic mass is 10.1. The van der Waals surface area contributed by atoms with Crippen LogP contribution < -0.4 is 14.8 Å². The number of amides is 1. The monoisotopic (exact) mass is 458 g/mol. The quantitative estimate of drug-likeness (QED) is 0.338. The number of anilines is 1. The fourth-order valence-electron chi connectivity index (χ4n) is 2.90. The van der Waals surface area contributed by atoms with Crippen molar-refractivity contribution in [1.29, 1.82) is 0 Å². The molecule has 0 atom stereocenters. The Bertz CT molecular complexity index is 1060. The zero-order valence-electron chi connectivity index (χ0n) is 18.0. The van der Waals surface area contributed by atoms with Crippen LogP contribution in [-0.2, 0) is 11.3 Å². The summed E-state index contributed by atoms with van der Waals surface area (Å²) in [6.45, 7) is 8.74. The highest BCUT2D eigenvalue weighted by atomic mass is 32.2. The lowest BCUT2D eigenvalue weighted by Crippen LogP contribution is -2.15. The minimum atomic E-state index is -0.177. The zero-order valence-corrected chi connectivity index (χ0v) is 19.7. The molecule has 0 spiro atoms. The maximum absolute atomic E-state index is 12.6. The molecule has 1 amide bonds. The molecule has 0 saturated heterocycles. The number of carbonyl (C=O) groups is 1. The summed E-state index contributed by atoms with van der Waals surface area (Å²) >= 11 is 3.04. The molecule has 0 radical (unpaired) electrons. The molecular weight excluding hydrogens is 432 g/mol. The Kier molecular flexibility index (Phi) is 7.75. The number of benzene rings is 1. The zero-order chi connectivity index (χ0) is 22.4. The van der Waals surface area contributed by atoms with Gasteiger partial charge in [0.1, 0.15) is 11.5 Å². The molecule has 3 aromatic rings. The minimum Gasteiger partial charge on any atom is -0.497 e. The third-order valence-corrected chi connectivity index (χ3v) is 6.69. The van der Waals surface area contributed by atoms with E-state index in [1.54, 1.807) is 49.8 Å². The van der Waals surface area contributed by atoms with Crippen LogP contribution >= 0.6 is 23.1 Å². The smallest absolute Gasteiger partial charge is 0.234 e. The first-order chi connectivity index (χ1) is 15.0.